The third-order valence-electron chi connectivity index (χ3n) is 5.47. The van der Waals surface area contributed by atoms with E-state index in [1.54, 1.807) is 5.57 Å². The van der Waals surface area contributed by atoms with Crippen LogP contribution in [0.3, 0.4) is 0 Å². The molecule has 0 bridgehead atoms. The minimum Gasteiger partial charge on any atom is -0.368 e. The molecule has 2 nitrogen and oxygen atoms in total. The molecule has 3 rings (SSSR count). The Kier molecular flexibility index (Phi) is 6.77. The summed E-state index contributed by atoms with van der Waals surface area (Å²) in [5.41, 5.74) is 4.97. The van der Waals surface area contributed by atoms with Crippen LogP contribution in [0.5, 0.6) is 0 Å². The Bertz CT molecular complexity index is 557. The molecule has 0 radical (unpaired) electrons. The second-order valence-electron chi connectivity index (χ2n) is 7.94. The first-order valence-corrected chi connectivity index (χ1v) is 9.35. The highest BCUT2D eigenvalue weighted by Crippen LogP contribution is 2.40. The maximum absolute atomic E-state index is 2.60. The molecule has 1 aliphatic heterocycles. The Morgan fingerprint density at radius 3 is 2.38 bits per heavy atom. The van der Waals surface area contributed by atoms with E-state index in [4.69, 9.17) is 0 Å². The summed E-state index contributed by atoms with van der Waals surface area (Å²) in [7, 11) is 0. The van der Waals surface area contributed by atoms with Crippen LogP contribution in [-0.4, -0.2) is 37.6 Å². The van der Waals surface area contributed by atoms with Gasteiger partial charge in [0.05, 0.1) is 0 Å². The number of nitrogens with zero attached hydrogens (tertiary/aromatic N) is 2. The zero-order valence-electron chi connectivity index (χ0n) is 15.6. The van der Waals surface area contributed by atoms with Crippen LogP contribution in [0.15, 0.2) is 30.3 Å². The van der Waals surface area contributed by atoms with Crippen molar-refractivity contribution in [3.8, 4) is 0 Å². The molecule has 0 spiro atoms. The zero-order chi connectivity index (χ0) is 16.3. The largest absolute Gasteiger partial charge is 0.368 e. The molecule has 1 aromatic carbocycles. The zero-order valence-corrected chi connectivity index (χ0v) is 16.4. The standard InChI is InChI=1S/C21H32N2.ClH/c1-4-13-22-14-16-23(17-15-22)20-8-6-5-7-19(20)18-9-11-21(2,3)12-10-18;/h5-9H,4,10-17H2,1-3H3;1H. The van der Waals surface area contributed by atoms with E-state index in [2.05, 4.69) is 60.9 Å². The fourth-order valence-electron chi connectivity index (χ4n) is 3.87. The molecule has 1 aliphatic carbocycles. The van der Waals surface area contributed by atoms with Gasteiger partial charge in [0.1, 0.15) is 0 Å². The van der Waals surface area contributed by atoms with Crippen molar-refractivity contribution in [2.45, 2.75) is 46.5 Å². The lowest BCUT2D eigenvalue weighted by atomic mass is 9.77. The van der Waals surface area contributed by atoms with Gasteiger partial charge in [0.2, 0.25) is 0 Å². The lowest BCUT2D eigenvalue weighted by molar-refractivity contribution is 0.258. The molecule has 0 N–H and O–H groups in total. The Hall–Kier alpha value is -0.990. The maximum Gasteiger partial charge on any atom is 0.0443 e. The van der Waals surface area contributed by atoms with E-state index in [0.717, 1.165) is 13.1 Å². The summed E-state index contributed by atoms with van der Waals surface area (Å²) in [5, 5.41) is 0. The minimum absolute atomic E-state index is 0. The number of piperazine rings is 1. The van der Waals surface area contributed by atoms with Gasteiger partial charge < -0.3 is 4.90 Å². The summed E-state index contributed by atoms with van der Waals surface area (Å²) in [4.78, 5) is 5.20. The van der Waals surface area contributed by atoms with Crippen molar-refractivity contribution in [2.75, 3.05) is 37.6 Å². The van der Waals surface area contributed by atoms with Gasteiger partial charge in [-0.15, -0.1) is 12.4 Å². The van der Waals surface area contributed by atoms with Crippen LogP contribution in [-0.2, 0) is 0 Å². The lowest BCUT2D eigenvalue weighted by Gasteiger charge is -2.37. The summed E-state index contributed by atoms with van der Waals surface area (Å²) in [6.07, 6.45) is 7.49. The number of benzene rings is 1. The van der Waals surface area contributed by atoms with Gasteiger partial charge in [0, 0.05) is 37.4 Å². The van der Waals surface area contributed by atoms with Crippen molar-refractivity contribution in [1.82, 2.24) is 4.90 Å². The number of anilines is 1. The second-order valence-corrected chi connectivity index (χ2v) is 7.94. The van der Waals surface area contributed by atoms with Crippen LogP contribution in [0, 0.1) is 5.41 Å². The topological polar surface area (TPSA) is 6.48 Å². The normalized spacial score (nSPS) is 21.1. The Balaban J connectivity index is 0.00000208. The second kappa shape index (κ2) is 8.40. The van der Waals surface area contributed by atoms with Gasteiger partial charge in [-0.1, -0.05) is 45.0 Å². The van der Waals surface area contributed by atoms with Crippen molar-refractivity contribution in [1.29, 1.82) is 0 Å². The average Bonchev–Trinajstić information content (AvgIpc) is 2.56. The van der Waals surface area contributed by atoms with Gasteiger partial charge in [0.15, 0.2) is 0 Å². The minimum atomic E-state index is 0. The summed E-state index contributed by atoms with van der Waals surface area (Å²) in [6.45, 7) is 13.0. The highest BCUT2D eigenvalue weighted by molar-refractivity contribution is 5.85. The molecule has 0 aromatic heterocycles. The molecule has 0 amide bonds. The number of hydrogen-bond acceptors (Lipinski definition) is 2. The van der Waals surface area contributed by atoms with Crippen LogP contribution in [0.25, 0.3) is 5.57 Å². The number of halogens is 1. The van der Waals surface area contributed by atoms with Crippen molar-refractivity contribution in [3.05, 3.63) is 35.9 Å². The highest BCUT2D eigenvalue weighted by Gasteiger charge is 2.24. The summed E-state index contributed by atoms with van der Waals surface area (Å²) >= 11 is 0. The molecule has 1 heterocycles. The van der Waals surface area contributed by atoms with Crippen LogP contribution >= 0.6 is 12.4 Å². The Morgan fingerprint density at radius 2 is 1.75 bits per heavy atom. The fourth-order valence-corrected chi connectivity index (χ4v) is 3.87. The van der Waals surface area contributed by atoms with E-state index in [-0.39, 0.29) is 12.4 Å². The number of rotatable bonds is 4. The number of para-hydroxylation sites is 1. The maximum atomic E-state index is 2.60. The summed E-state index contributed by atoms with van der Waals surface area (Å²) < 4.78 is 0. The van der Waals surface area contributed by atoms with Crippen molar-refractivity contribution >= 4 is 23.7 Å². The summed E-state index contributed by atoms with van der Waals surface area (Å²) in [5.74, 6) is 0. The van der Waals surface area contributed by atoms with E-state index < -0.39 is 0 Å². The van der Waals surface area contributed by atoms with E-state index >= 15 is 0 Å². The average molecular weight is 349 g/mol. The van der Waals surface area contributed by atoms with Gasteiger partial charge >= 0.3 is 0 Å². The van der Waals surface area contributed by atoms with Gasteiger partial charge in [-0.25, -0.2) is 0 Å². The quantitative estimate of drug-likeness (QED) is 0.734. The molecule has 2 aliphatic rings. The van der Waals surface area contributed by atoms with Crippen LogP contribution in [0.4, 0.5) is 5.69 Å². The molecular weight excluding hydrogens is 316 g/mol. The Labute approximate surface area is 154 Å². The predicted molar refractivity (Wildman–Crippen MR) is 108 cm³/mol. The van der Waals surface area contributed by atoms with Crippen molar-refractivity contribution in [2.24, 2.45) is 5.41 Å². The molecule has 1 fully saturated rings. The van der Waals surface area contributed by atoms with E-state index in [1.165, 1.54) is 56.6 Å². The van der Waals surface area contributed by atoms with Crippen LogP contribution in [0.1, 0.15) is 52.0 Å². The Morgan fingerprint density at radius 1 is 1.04 bits per heavy atom. The first-order valence-electron chi connectivity index (χ1n) is 9.35. The first kappa shape index (κ1) is 19.3. The molecule has 1 saturated heterocycles. The van der Waals surface area contributed by atoms with E-state index in [9.17, 15) is 0 Å². The number of allylic oxidation sites excluding steroid dienone is 2. The molecule has 0 unspecified atom stereocenters. The first-order chi connectivity index (χ1) is 11.1. The van der Waals surface area contributed by atoms with E-state index in [1.807, 2.05) is 0 Å². The third-order valence-corrected chi connectivity index (χ3v) is 5.47. The van der Waals surface area contributed by atoms with Gasteiger partial charge in [-0.2, -0.15) is 0 Å². The van der Waals surface area contributed by atoms with Gasteiger partial charge in [-0.3, -0.25) is 4.90 Å². The molecule has 134 valence electrons. The van der Waals surface area contributed by atoms with Crippen molar-refractivity contribution in [3.63, 3.8) is 0 Å². The molecule has 0 saturated carbocycles. The molecular formula is C21H33ClN2. The molecule has 1 aromatic rings. The van der Waals surface area contributed by atoms with Crippen molar-refractivity contribution < 1.29 is 0 Å². The smallest absolute Gasteiger partial charge is 0.0443 e. The van der Waals surface area contributed by atoms with Gasteiger partial charge in [0.25, 0.3) is 0 Å². The van der Waals surface area contributed by atoms with Crippen LogP contribution in [0.2, 0.25) is 0 Å². The summed E-state index contributed by atoms with van der Waals surface area (Å²) in [6, 6.07) is 9.06. The molecule has 0 atom stereocenters. The third kappa shape index (κ3) is 4.55. The fraction of sp³-hybridized carbons (Fsp3) is 0.619. The predicted octanol–water partition coefficient (Wildman–Crippen LogP) is 5.23. The SMILES string of the molecule is CCCN1CCN(c2ccccc2C2=CCC(C)(C)CC2)CC1.Cl. The highest BCUT2D eigenvalue weighted by atomic mass is 35.5. The molecule has 24 heavy (non-hydrogen) atoms. The van der Waals surface area contributed by atoms with E-state index in [0.29, 0.717) is 5.41 Å². The lowest BCUT2D eigenvalue weighted by Crippen LogP contribution is -2.46. The molecule has 3 heteroatoms. The van der Waals surface area contributed by atoms with Crippen LogP contribution < -0.4 is 4.90 Å². The monoisotopic (exact) mass is 348 g/mol. The number of hydrogen-bond donors (Lipinski definition) is 0. The van der Waals surface area contributed by atoms with Gasteiger partial charge in [-0.05, 0) is 49.3 Å².